The van der Waals surface area contributed by atoms with Gasteiger partial charge in [-0.3, -0.25) is 5.32 Å². The maximum Gasteiger partial charge on any atom is 0.482 e. The highest BCUT2D eigenvalue weighted by Crippen LogP contribution is 2.36. The zero-order valence-electron chi connectivity index (χ0n) is 10.6. The van der Waals surface area contributed by atoms with Gasteiger partial charge in [-0.1, -0.05) is 24.3 Å². The summed E-state index contributed by atoms with van der Waals surface area (Å²) in [4.78, 5) is 0. The molecule has 0 saturated carbocycles. The summed E-state index contributed by atoms with van der Waals surface area (Å²) < 4.78 is 47.8. The minimum Gasteiger partial charge on any atom is -0.493 e. The van der Waals surface area contributed by atoms with Gasteiger partial charge in [0.2, 0.25) is 0 Å². The van der Waals surface area contributed by atoms with E-state index in [9.17, 15) is 13.2 Å². The zero-order chi connectivity index (χ0) is 14.6. The molecule has 0 aromatic heterocycles. The van der Waals surface area contributed by atoms with Crippen LogP contribution in [0.2, 0.25) is 0 Å². The van der Waals surface area contributed by atoms with Gasteiger partial charge in [0.15, 0.2) is 17.2 Å². The second kappa shape index (κ2) is 5.73. The molecule has 2 aromatic rings. The maximum absolute atomic E-state index is 12.4. The molecule has 20 heavy (non-hydrogen) atoms. The third-order valence-corrected chi connectivity index (χ3v) is 2.45. The average Bonchev–Trinajstić information content (AvgIpc) is 2.40. The molecule has 0 aliphatic heterocycles. The minimum absolute atomic E-state index is 0.0642. The summed E-state index contributed by atoms with van der Waals surface area (Å²) in [7, 11) is 1.46. The van der Waals surface area contributed by atoms with Gasteiger partial charge in [0.1, 0.15) is 0 Å². The molecule has 0 unspecified atom stereocenters. The van der Waals surface area contributed by atoms with E-state index in [1.807, 2.05) is 0 Å². The Bertz CT molecular complexity index is 585. The molecule has 3 nitrogen and oxygen atoms in total. The number of halogens is 3. The van der Waals surface area contributed by atoms with E-state index < -0.39 is 6.30 Å². The lowest BCUT2D eigenvalue weighted by Crippen LogP contribution is -2.20. The summed E-state index contributed by atoms with van der Waals surface area (Å²) >= 11 is 0. The number of nitrogens with one attached hydrogen (secondary N) is 1. The molecule has 0 aliphatic rings. The van der Waals surface area contributed by atoms with Crippen molar-refractivity contribution in [3.05, 3.63) is 48.5 Å². The molecule has 106 valence electrons. The first-order valence-corrected chi connectivity index (χ1v) is 5.74. The van der Waals surface area contributed by atoms with Crippen molar-refractivity contribution in [2.24, 2.45) is 0 Å². The van der Waals surface area contributed by atoms with Crippen LogP contribution in [0.1, 0.15) is 0 Å². The van der Waals surface area contributed by atoms with E-state index in [-0.39, 0.29) is 11.4 Å². The Morgan fingerprint density at radius 3 is 2.00 bits per heavy atom. The van der Waals surface area contributed by atoms with Crippen LogP contribution in [-0.4, -0.2) is 13.4 Å². The summed E-state index contributed by atoms with van der Waals surface area (Å²) in [5.74, 6) is 0.843. The van der Waals surface area contributed by atoms with Crippen LogP contribution in [-0.2, 0) is 0 Å². The Labute approximate surface area is 113 Å². The molecule has 0 fully saturated rings. The van der Waals surface area contributed by atoms with E-state index in [4.69, 9.17) is 9.47 Å². The van der Waals surface area contributed by atoms with Crippen LogP contribution in [0, 0.1) is 0 Å². The fourth-order valence-corrected chi connectivity index (χ4v) is 1.63. The molecule has 1 N–H and O–H groups in total. The number of rotatable bonds is 4. The Kier molecular flexibility index (Phi) is 4.02. The third-order valence-electron chi connectivity index (χ3n) is 2.45. The van der Waals surface area contributed by atoms with Gasteiger partial charge in [-0.2, -0.15) is 13.2 Å². The third kappa shape index (κ3) is 3.57. The lowest BCUT2D eigenvalue weighted by molar-refractivity contribution is -0.100. The first kappa shape index (κ1) is 14.0. The predicted octanol–water partition coefficient (Wildman–Crippen LogP) is 4.42. The fraction of sp³-hybridized carbons (Fsp3) is 0.143. The summed E-state index contributed by atoms with van der Waals surface area (Å²) in [6, 6.07) is 12.5. The Hall–Kier alpha value is -2.37. The van der Waals surface area contributed by atoms with Crippen LogP contribution in [0.15, 0.2) is 48.5 Å². The van der Waals surface area contributed by atoms with Gasteiger partial charge in [-0.25, -0.2) is 0 Å². The topological polar surface area (TPSA) is 30.5 Å². The van der Waals surface area contributed by atoms with Crippen LogP contribution < -0.4 is 14.8 Å². The number of anilines is 1. The number of ether oxygens (including phenoxy) is 2. The second-order valence-corrected chi connectivity index (χ2v) is 3.87. The molecular weight excluding hydrogens is 271 g/mol. The van der Waals surface area contributed by atoms with Crippen molar-refractivity contribution in [1.29, 1.82) is 0 Å². The van der Waals surface area contributed by atoms with Crippen molar-refractivity contribution < 1.29 is 22.6 Å². The van der Waals surface area contributed by atoms with Crippen molar-refractivity contribution in [2.75, 3.05) is 12.4 Å². The highest BCUT2D eigenvalue weighted by atomic mass is 19.4. The van der Waals surface area contributed by atoms with E-state index >= 15 is 0 Å². The van der Waals surface area contributed by atoms with Crippen LogP contribution in [0.5, 0.6) is 17.2 Å². The predicted molar refractivity (Wildman–Crippen MR) is 69.2 cm³/mol. The molecule has 6 heteroatoms. The van der Waals surface area contributed by atoms with Gasteiger partial charge in [-0.05, 0) is 24.3 Å². The smallest absolute Gasteiger partial charge is 0.482 e. The van der Waals surface area contributed by atoms with Gasteiger partial charge >= 0.3 is 6.30 Å². The van der Waals surface area contributed by atoms with Gasteiger partial charge in [-0.15, -0.1) is 0 Å². The Balaban J connectivity index is 2.29. The van der Waals surface area contributed by atoms with Crippen molar-refractivity contribution in [1.82, 2.24) is 0 Å². The van der Waals surface area contributed by atoms with Crippen molar-refractivity contribution in [2.45, 2.75) is 6.30 Å². The molecule has 0 amide bonds. The quantitative estimate of drug-likeness (QED) is 0.842. The van der Waals surface area contributed by atoms with Gasteiger partial charge in [0.05, 0.1) is 12.8 Å². The molecule has 0 heterocycles. The van der Waals surface area contributed by atoms with Crippen molar-refractivity contribution >= 4 is 5.69 Å². The van der Waals surface area contributed by atoms with Gasteiger partial charge in [0, 0.05) is 0 Å². The first-order valence-electron chi connectivity index (χ1n) is 5.74. The van der Waals surface area contributed by atoms with E-state index in [1.54, 1.807) is 30.3 Å². The van der Waals surface area contributed by atoms with Crippen LogP contribution in [0.4, 0.5) is 18.9 Å². The molecule has 0 aliphatic carbocycles. The standard InChI is InChI=1S/C14H12F3NO2/c1-19-12-8-4-5-9-13(12)20-11-7-3-2-6-10(11)18-14(15,16)17/h2-9,18H,1H3. The monoisotopic (exact) mass is 283 g/mol. The maximum atomic E-state index is 12.4. The first-order chi connectivity index (χ1) is 9.49. The van der Waals surface area contributed by atoms with Crippen LogP contribution in [0.25, 0.3) is 0 Å². The largest absolute Gasteiger partial charge is 0.493 e. The van der Waals surface area contributed by atoms with Crippen molar-refractivity contribution in [3.8, 4) is 17.2 Å². The number of para-hydroxylation sites is 4. The average molecular weight is 283 g/mol. The fourth-order valence-electron chi connectivity index (χ4n) is 1.63. The molecule has 0 spiro atoms. The normalized spacial score (nSPS) is 11.0. The zero-order valence-corrected chi connectivity index (χ0v) is 10.6. The number of hydrogen-bond acceptors (Lipinski definition) is 3. The molecule has 0 atom stereocenters. The number of methoxy groups -OCH3 is 1. The number of benzene rings is 2. The van der Waals surface area contributed by atoms with Gasteiger partial charge < -0.3 is 9.47 Å². The van der Waals surface area contributed by atoms with E-state index in [1.165, 1.54) is 30.6 Å². The lowest BCUT2D eigenvalue weighted by atomic mass is 10.3. The number of alkyl halides is 3. The summed E-state index contributed by atoms with van der Waals surface area (Å²) in [6.45, 7) is 0. The minimum atomic E-state index is -4.53. The Morgan fingerprint density at radius 1 is 0.850 bits per heavy atom. The summed E-state index contributed by atoms with van der Waals surface area (Å²) in [6.07, 6.45) is -4.53. The van der Waals surface area contributed by atoms with Crippen molar-refractivity contribution in [3.63, 3.8) is 0 Å². The molecule has 0 saturated heterocycles. The summed E-state index contributed by atoms with van der Waals surface area (Å²) in [5, 5.41) is 1.44. The molecule has 0 radical (unpaired) electrons. The van der Waals surface area contributed by atoms with E-state index in [0.29, 0.717) is 11.5 Å². The van der Waals surface area contributed by atoms with Crippen LogP contribution >= 0.6 is 0 Å². The van der Waals surface area contributed by atoms with Gasteiger partial charge in [0.25, 0.3) is 0 Å². The molecule has 2 rings (SSSR count). The molecule has 2 aromatic carbocycles. The molecule has 0 bridgehead atoms. The second-order valence-electron chi connectivity index (χ2n) is 3.87. The SMILES string of the molecule is COc1ccccc1Oc1ccccc1NC(F)(F)F. The Morgan fingerprint density at radius 2 is 1.40 bits per heavy atom. The molecular formula is C14H12F3NO2. The summed E-state index contributed by atoms with van der Waals surface area (Å²) in [5.41, 5.74) is -0.161. The van der Waals surface area contributed by atoms with E-state index in [0.717, 1.165) is 0 Å². The van der Waals surface area contributed by atoms with Crippen LogP contribution in [0.3, 0.4) is 0 Å². The lowest BCUT2D eigenvalue weighted by Gasteiger charge is -2.15. The highest BCUT2D eigenvalue weighted by Gasteiger charge is 2.28. The van der Waals surface area contributed by atoms with E-state index in [2.05, 4.69) is 0 Å². The highest BCUT2D eigenvalue weighted by molar-refractivity contribution is 5.58. The number of hydrogen-bond donors (Lipinski definition) is 1.